The summed E-state index contributed by atoms with van der Waals surface area (Å²) in [6.07, 6.45) is 6.43. The molecule has 1 saturated carbocycles. The van der Waals surface area contributed by atoms with Crippen LogP contribution in [0.4, 0.5) is 5.69 Å². The molecule has 21 heavy (non-hydrogen) atoms. The van der Waals surface area contributed by atoms with Gasteiger partial charge in [0.05, 0.1) is 0 Å². The molecule has 2 rings (SSSR count). The van der Waals surface area contributed by atoms with Crippen LogP contribution >= 0.6 is 0 Å². The molecule has 1 fully saturated rings. The van der Waals surface area contributed by atoms with Gasteiger partial charge in [0.2, 0.25) is 0 Å². The minimum Gasteiger partial charge on any atom is -0.398 e. The van der Waals surface area contributed by atoms with Gasteiger partial charge in [-0.1, -0.05) is 32.3 Å². The van der Waals surface area contributed by atoms with Crippen LogP contribution in [0.1, 0.15) is 60.5 Å². The van der Waals surface area contributed by atoms with E-state index in [9.17, 15) is 4.79 Å². The summed E-state index contributed by atoms with van der Waals surface area (Å²) < 4.78 is 0. The lowest BCUT2D eigenvalue weighted by molar-refractivity contribution is 0.0949. The van der Waals surface area contributed by atoms with E-state index in [1.807, 2.05) is 19.9 Å². The van der Waals surface area contributed by atoms with Gasteiger partial charge in [0.15, 0.2) is 0 Å². The van der Waals surface area contributed by atoms with Gasteiger partial charge in [0.1, 0.15) is 0 Å². The largest absolute Gasteiger partial charge is 0.398 e. The number of carbonyl (C=O) groups is 1. The number of carbonyl (C=O) groups excluding carboxylic acids is 1. The number of anilines is 1. The smallest absolute Gasteiger partial charge is 0.251 e. The van der Waals surface area contributed by atoms with E-state index < -0.39 is 0 Å². The van der Waals surface area contributed by atoms with Gasteiger partial charge in [-0.05, 0) is 55.7 Å². The number of hydrogen-bond acceptors (Lipinski definition) is 2. The van der Waals surface area contributed by atoms with Crippen LogP contribution in [0.25, 0.3) is 0 Å². The fraction of sp³-hybridized carbons (Fsp3) is 0.611. The lowest BCUT2D eigenvalue weighted by atomic mass is 9.81. The summed E-state index contributed by atoms with van der Waals surface area (Å²) in [4.78, 5) is 12.3. The maximum atomic E-state index is 12.3. The zero-order chi connectivity index (χ0) is 15.4. The van der Waals surface area contributed by atoms with Gasteiger partial charge in [-0.15, -0.1) is 0 Å². The average molecular weight is 288 g/mol. The molecular weight excluding hydrogens is 260 g/mol. The van der Waals surface area contributed by atoms with Crippen molar-refractivity contribution in [2.24, 2.45) is 11.8 Å². The number of rotatable bonds is 4. The monoisotopic (exact) mass is 288 g/mol. The molecule has 3 N–H and O–H groups in total. The Hall–Kier alpha value is -1.51. The highest BCUT2D eigenvalue weighted by molar-refractivity contribution is 5.96. The van der Waals surface area contributed by atoms with Crippen LogP contribution in [-0.4, -0.2) is 12.5 Å². The summed E-state index contributed by atoms with van der Waals surface area (Å²) in [6.45, 7) is 7.03. The standard InChI is InChI=1S/C18H28N2O/c1-12-5-4-6-15(9-12)7-8-20-18(21)16-11-17(19)14(3)10-13(16)2/h10-12,15H,4-9,19H2,1-3H3,(H,20,21). The van der Waals surface area contributed by atoms with E-state index in [4.69, 9.17) is 5.73 Å². The molecule has 0 bridgehead atoms. The van der Waals surface area contributed by atoms with Crippen LogP contribution in [0.3, 0.4) is 0 Å². The molecule has 2 unspecified atom stereocenters. The third-order valence-corrected chi connectivity index (χ3v) is 4.74. The van der Waals surface area contributed by atoms with Gasteiger partial charge in [0, 0.05) is 17.8 Å². The maximum absolute atomic E-state index is 12.3. The fourth-order valence-corrected chi connectivity index (χ4v) is 3.42. The second-order valence-electron chi connectivity index (χ2n) is 6.71. The normalized spacial score (nSPS) is 22.0. The van der Waals surface area contributed by atoms with Crippen molar-refractivity contribution in [3.05, 3.63) is 28.8 Å². The fourth-order valence-electron chi connectivity index (χ4n) is 3.42. The first-order valence-electron chi connectivity index (χ1n) is 8.12. The summed E-state index contributed by atoms with van der Waals surface area (Å²) >= 11 is 0. The number of hydrogen-bond donors (Lipinski definition) is 2. The van der Waals surface area contributed by atoms with E-state index in [0.717, 1.165) is 35.9 Å². The molecule has 0 radical (unpaired) electrons. The van der Waals surface area contributed by atoms with Crippen LogP contribution in [0.5, 0.6) is 0 Å². The van der Waals surface area contributed by atoms with E-state index in [-0.39, 0.29) is 5.91 Å². The average Bonchev–Trinajstić information content (AvgIpc) is 2.43. The predicted octanol–water partition coefficient (Wildman–Crippen LogP) is 3.83. The second-order valence-corrected chi connectivity index (χ2v) is 6.71. The van der Waals surface area contributed by atoms with Crippen molar-refractivity contribution in [3.63, 3.8) is 0 Å². The molecule has 1 aromatic carbocycles. The first-order valence-corrected chi connectivity index (χ1v) is 8.12. The molecule has 0 aromatic heterocycles. The molecule has 1 aromatic rings. The lowest BCUT2D eigenvalue weighted by Crippen LogP contribution is -2.27. The van der Waals surface area contributed by atoms with Crippen LogP contribution < -0.4 is 11.1 Å². The topological polar surface area (TPSA) is 55.1 Å². The van der Waals surface area contributed by atoms with E-state index in [0.29, 0.717) is 11.3 Å². The molecule has 1 aliphatic rings. The molecule has 3 nitrogen and oxygen atoms in total. The molecule has 0 aliphatic heterocycles. The molecule has 0 heterocycles. The molecule has 2 atom stereocenters. The highest BCUT2D eigenvalue weighted by Gasteiger charge is 2.19. The zero-order valence-electron chi connectivity index (χ0n) is 13.5. The van der Waals surface area contributed by atoms with Crippen molar-refractivity contribution in [1.29, 1.82) is 0 Å². The van der Waals surface area contributed by atoms with E-state index in [2.05, 4.69) is 12.2 Å². The Balaban J connectivity index is 1.86. The van der Waals surface area contributed by atoms with Crippen molar-refractivity contribution in [1.82, 2.24) is 5.32 Å². The van der Waals surface area contributed by atoms with Crippen molar-refractivity contribution < 1.29 is 4.79 Å². The Morgan fingerprint density at radius 3 is 2.76 bits per heavy atom. The highest BCUT2D eigenvalue weighted by atomic mass is 16.1. The maximum Gasteiger partial charge on any atom is 0.251 e. The quantitative estimate of drug-likeness (QED) is 0.827. The van der Waals surface area contributed by atoms with E-state index >= 15 is 0 Å². The summed E-state index contributed by atoms with van der Waals surface area (Å²) in [5.41, 5.74) is 9.32. The SMILES string of the molecule is Cc1cc(C)c(C(=O)NCCC2CCCC(C)C2)cc1N. The number of aryl methyl sites for hydroxylation is 2. The summed E-state index contributed by atoms with van der Waals surface area (Å²) in [5.74, 6) is 1.62. The minimum atomic E-state index is 0.00283. The molecule has 3 heteroatoms. The Morgan fingerprint density at radius 2 is 2.05 bits per heavy atom. The van der Waals surface area contributed by atoms with Gasteiger partial charge in [-0.25, -0.2) is 0 Å². The van der Waals surface area contributed by atoms with Gasteiger partial charge in [0.25, 0.3) is 5.91 Å². The van der Waals surface area contributed by atoms with Gasteiger partial charge in [-0.2, -0.15) is 0 Å². The minimum absolute atomic E-state index is 0.00283. The number of nitrogen functional groups attached to an aromatic ring is 1. The first kappa shape index (κ1) is 15.9. The first-order chi connectivity index (χ1) is 9.97. The van der Waals surface area contributed by atoms with Crippen molar-refractivity contribution in [2.75, 3.05) is 12.3 Å². The van der Waals surface area contributed by atoms with Crippen LogP contribution in [0, 0.1) is 25.7 Å². The molecular formula is C18H28N2O. The molecule has 0 spiro atoms. The molecule has 116 valence electrons. The lowest BCUT2D eigenvalue weighted by Gasteiger charge is -2.26. The van der Waals surface area contributed by atoms with Crippen molar-refractivity contribution >= 4 is 11.6 Å². The van der Waals surface area contributed by atoms with E-state index in [1.54, 1.807) is 6.07 Å². The third kappa shape index (κ3) is 4.23. The highest BCUT2D eigenvalue weighted by Crippen LogP contribution is 2.30. The van der Waals surface area contributed by atoms with Crippen LogP contribution in [0.2, 0.25) is 0 Å². The second kappa shape index (κ2) is 6.97. The summed E-state index contributed by atoms with van der Waals surface area (Å²) in [6, 6.07) is 3.77. The summed E-state index contributed by atoms with van der Waals surface area (Å²) in [7, 11) is 0. The Morgan fingerprint density at radius 1 is 1.29 bits per heavy atom. The van der Waals surface area contributed by atoms with Crippen molar-refractivity contribution in [2.45, 2.75) is 52.9 Å². The number of benzene rings is 1. The van der Waals surface area contributed by atoms with Gasteiger partial charge >= 0.3 is 0 Å². The van der Waals surface area contributed by atoms with Crippen LogP contribution in [0.15, 0.2) is 12.1 Å². The third-order valence-electron chi connectivity index (χ3n) is 4.74. The number of amides is 1. The van der Waals surface area contributed by atoms with Gasteiger partial charge < -0.3 is 11.1 Å². The summed E-state index contributed by atoms with van der Waals surface area (Å²) in [5, 5.41) is 3.05. The Kier molecular flexibility index (Phi) is 5.27. The Bertz CT molecular complexity index is 510. The van der Waals surface area contributed by atoms with E-state index in [1.165, 1.54) is 25.7 Å². The molecule has 1 amide bonds. The predicted molar refractivity (Wildman–Crippen MR) is 88.4 cm³/mol. The number of nitrogens with two attached hydrogens (primary N) is 1. The zero-order valence-corrected chi connectivity index (χ0v) is 13.5. The number of nitrogens with one attached hydrogen (secondary N) is 1. The van der Waals surface area contributed by atoms with Crippen LogP contribution in [-0.2, 0) is 0 Å². The molecule has 0 saturated heterocycles. The van der Waals surface area contributed by atoms with Crippen molar-refractivity contribution in [3.8, 4) is 0 Å². The van der Waals surface area contributed by atoms with Gasteiger partial charge in [-0.3, -0.25) is 4.79 Å². The molecule has 1 aliphatic carbocycles. The Labute approximate surface area is 128 Å².